The van der Waals surface area contributed by atoms with Crippen LogP contribution in [0.1, 0.15) is 38.4 Å². The number of nitrogens with one attached hydrogen (secondary N) is 1. The third-order valence-electron chi connectivity index (χ3n) is 6.21. The van der Waals surface area contributed by atoms with E-state index in [0.717, 1.165) is 39.4 Å². The number of ether oxygens (including phenoxy) is 1. The van der Waals surface area contributed by atoms with Crippen LogP contribution in [0.2, 0.25) is 0 Å². The van der Waals surface area contributed by atoms with Crippen molar-refractivity contribution >= 4 is 17.2 Å². The summed E-state index contributed by atoms with van der Waals surface area (Å²) in [6.45, 7) is 10.4. The van der Waals surface area contributed by atoms with Crippen molar-refractivity contribution in [1.82, 2.24) is 14.3 Å². The maximum Gasteiger partial charge on any atom is 0.255 e. The lowest BCUT2D eigenvalue weighted by Crippen LogP contribution is -2.51. The second kappa shape index (κ2) is 8.30. The summed E-state index contributed by atoms with van der Waals surface area (Å²) >= 11 is 0. The van der Waals surface area contributed by atoms with Gasteiger partial charge >= 0.3 is 0 Å². The molecule has 4 rings (SSSR count). The molecular weight excluding hydrogens is 395 g/mol. The van der Waals surface area contributed by atoms with Crippen molar-refractivity contribution in [2.75, 3.05) is 32.1 Å². The molecule has 31 heavy (non-hydrogen) atoms. The Morgan fingerprint density at radius 1 is 1.19 bits per heavy atom. The average molecular weight is 425 g/mol. The summed E-state index contributed by atoms with van der Waals surface area (Å²) in [6, 6.07) is 4.97. The number of carbonyl (C=O) groups excluding carboxylic acids is 1. The number of anilines is 1. The number of likely N-dealkylation sites (tertiary alicyclic amines) is 1. The standard InChI is InChI=1S/C24H29FN4O2/c1-14-6-20(25)7-15(2)21(14)9-26-22-8-19(12-29-17(4)16(3)27-23(22)29)24(30)28-10-18(11-28)13-31-5/h6-8,12,18,26H,9-11,13H2,1-5H3. The second-order valence-electron chi connectivity index (χ2n) is 8.52. The maximum absolute atomic E-state index is 13.7. The van der Waals surface area contributed by atoms with E-state index in [1.807, 2.05) is 49.3 Å². The first-order valence-electron chi connectivity index (χ1n) is 10.6. The Morgan fingerprint density at radius 3 is 2.52 bits per heavy atom. The molecule has 0 atom stereocenters. The van der Waals surface area contributed by atoms with Crippen LogP contribution in [-0.2, 0) is 11.3 Å². The third kappa shape index (κ3) is 4.02. The molecule has 0 spiro atoms. The number of hydrogen-bond acceptors (Lipinski definition) is 4. The number of imidazole rings is 1. The Hall–Kier alpha value is -2.93. The summed E-state index contributed by atoms with van der Waals surface area (Å²) in [6.07, 6.45) is 1.87. The second-order valence-corrected chi connectivity index (χ2v) is 8.52. The van der Waals surface area contributed by atoms with Crippen LogP contribution in [0.15, 0.2) is 24.4 Å². The van der Waals surface area contributed by atoms with Crippen molar-refractivity contribution in [2.24, 2.45) is 5.92 Å². The molecule has 1 fully saturated rings. The summed E-state index contributed by atoms with van der Waals surface area (Å²) in [7, 11) is 1.69. The molecular formula is C24H29FN4O2. The number of carbonyl (C=O) groups is 1. The van der Waals surface area contributed by atoms with Crippen molar-refractivity contribution in [2.45, 2.75) is 34.2 Å². The molecule has 1 aliphatic heterocycles. The van der Waals surface area contributed by atoms with Gasteiger partial charge in [0.15, 0.2) is 5.65 Å². The van der Waals surface area contributed by atoms with Gasteiger partial charge in [0.1, 0.15) is 5.82 Å². The lowest BCUT2D eigenvalue weighted by molar-refractivity contribution is 0.0270. The minimum Gasteiger partial charge on any atom is -0.384 e. The fourth-order valence-corrected chi connectivity index (χ4v) is 4.28. The molecule has 1 saturated heterocycles. The molecule has 2 aromatic heterocycles. The molecule has 0 saturated carbocycles. The number of halogens is 1. The van der Waals surface area contributed by atoms with Gasteiger partial charge in [-0.2, -0.15) is 0 Å². The zero-order chi connectivity index (χ0) is 22.3. The number of benzene rings is 1. The Balaban J connectivity index is 1.65. The first kappa shape index (κ1) is 21.3. The molecule has 0 bridgehead atoms. The van der Waals surface area contributed by atoms with E-state index < -0.39 is 0 Å². The predicted molar refractivity (Wildman–Crippen MR) is 119 cm³/mol. The van der Waals surface area contributed by atoms with Gasteiger partial charge in [0.25, 0.3) is 5.91 Å². The molecule has 6 nitrogen and oxygen atoms in total. The normalized spacial score (nSPS) is 14.2. The van der Waals surface area contributed by atoms with Crippen LogP contribution in [-0.4, -0.2) is 47.0 Å². The Bertz CT molecular complexity index is 1130. The number of fused-ring (bicyclic) bond motifs is 1. The summed E-state index contributed by atoms with van der Waals surface area (Å²) in [5.41, 5.74) is 6.96. The van der Waals surface area contributed by atoms with E-state index >= 15 is 0 Å². The van der Waals surface area contributed by atoms with E-state index in [4.69, 9.17) is 9.72 Å². The zero-order valence-electron chi connectivity index (χ0n) is 18.8. The monoisotopic (exact) mass is 424 g/mol. The molecule has 7 heteroatoms. The Labute approximate surface area is 182 Å². The van der Waals surface area contributed by atoms with Crippen LogP contribution < -0.4 is 5.32 Å². The number of aryl methyl sites for hydroxylation is 4. The lowest BCUT2D eigenvalue weighted by Gasteiger charge is -2.39. The van der Waals surface area contributed by atoms with E-state index in [1.54, 1.807) is 19.2 Å². The molecule has 3 heterocycles. The SMILES string of the molecule is COCC1CN(C(=O)c2cc(NCc3c(C)cc(F)cc3C)c3nc(C)c(C)n3c2)C1. The molecule has 164 valence electrons. The fourth-order valence-electron chi connectivity index (χ4n) is 4.28. The van der Waals surface area contributed by atoms with E-state index in [2.05, 4.69) is 5.32 Å². The van der Waals surface area contributed by atoms with Gasteiger partial charge in [-0.25, -0.2) is 9.37 Å². The Morgan fingerprint density at radius 2 is 1.87 bits per heavy atom. The summed E-state index contributed by atoms with van der Waals surface area (Å²) < 4.78 is 20.8. The topological polar surface area (TPSA) is 58.9 Å². The van der Waals surface area contributed by atoms with Gasteiger partial charge in [-0.3, -0.25) is 4.79 Å². The number of nitrogens with zero attached hydrogens (tertiary/aromatic N) is 3. The average Bonchev–Trinajstić information content (AvgIpc) is 2.97. The largest absolute Gasteiger partial charge is 0.384 e. The molecule has 1 amide bonds. The summed E-state index contributed by atoms with van der Waals surface area (Å²) in [5.74, 6) is 0.184. The minimum absolute atomic E-state index is 0.0113. The number of amides is 1. The number of aromatic nitrogens is 2. The summed E-state index contributed by atoms with van der Waals surface area (Å²) in [5, 5.41) is 3.45. The van der Waals surface area contributed by atoms with Crippen LogP contribution in [0.5, 0.6) is 0 Å². The van der Waals surface area contributed by atoms with Gasteiger partial charge < -0.3 is 19.4 Å². The summed E-state index contributed by atoms with van der Waals surface area (Å²) in [4.78, 5) is 19.6. The highest BCUT2D eigenvalue weighted by Gasteiger charge is 2.31. The van der Waals surface area contributed by atoms with Gasteiger partial charge in [0, 0.05) is 44.6 Å². The van der Waals surface area contributed by atoms with Crippen LogP contribution in [0.3, 0.4) is 0 Å². The highest BCUT2D eigenvalue weighted by molar-refractivity contribution is 5.96. The van der Waals surface area contributed by atoms with Crippen molar-refractivity contribution < 1.29 is 13.9 Å². The lowest BCUT2D eigenvalue weighted by atomic mass is 10.00. The van der Waals surface area contributed by atoms with E-state index in [0.29, 0.717) is 37.7 Å². The quantitative estimate of drug-likeness (QED) is 0.649. The number of hydrogen-bond donors (Lipinski definition) is 1. The highest BCUT2D eigenvalue weighted by Crippen LogP contribution is 2.26. The van der Waals surface area contributed by atoms with Crippen molar-refractivity contribution in [3.05, 3.63) is 63.9 Å². The zero-order valence-corrected chi connectivity index (χ0v) is 18.8. The molecule has 3 aromatic rings. The minimum atomic E-state index is -0.227. The van der Waals surface area contributed by atoms with Gasteiger partial charge in [-0.1, -0.05) is 0 Å². The smallest absolute Gasteiger partial charge is 0.255 e. The molecule has 1 N–H and O–H groups in total. The highest BCUT2D eigenvalue weighted by atomic mass is 19.1. The van der Waals surface area contributed by atoms with Crippen molar-refractivity contribution in [3.8, 4) is 0 Å². The maximum atomic E-state index is 13.7. The van der Waals surface area contributed by atoms with Gasteiger partial charge in [0.2, 0.25) is 0 Å². The number of pyridine rings is 1. The molecule has 1 aliphatic rings. The van der Waals surface area contributed by atoms with Gasteiger partial charge in [-0.15, -0.1) is 0 Å². The van der Waals surface area contributed by atoms with Gasteiger partial charge in [-0.05, 0) is 62.6 Å². The molecule has 0 unspecified atom stereocenters. The number of rotatable bonds is 6. The van der Waals surface area contributed by atoms with Crippen molar-refractivity contribution in [3.63, 3.8) is 0 Å². The fraction of sp³-hybridized carbons (Fsp3) is 0.417. The van der Waals surface area contributed by atoms with Crippen molar-refractivity contribution in [1.29, 1.82) is 0 Å². The molecule has 0 aliphatic carbocycles. The Kier molecular flexibility index (Phi) is 5.71. The van der Waals surface area contributed by atoms with Crippen LogP contribution in [0, 0.1) is 39.4 Å². The van der Waals surface area contributed by atoms with E-state index in [1.165, 1.54) is 0 Å². The van der Waals surface area contributed by atoms with Crippen LogP contribution >= 0.6 is 0 Å². The first-order chi connectivity index (χ1) is 14.8. The van der Waals surface area contributed by atoms with Crippen LogP contribution in [0.25, 0.3) is 5.65 Å². The van der Waals surface area contributed by atoms with Gasteiger partial charge in [0.05, 0.1) is 23.6 Å². The van der Waals surface area contributed by atoms with E-state index in [-0.39, 0.29) is 11.7 Å². The van der Waals surface area contributed by atoms with Crippen LogP contribution in [0.4, 0.5) is 10.1 Å². The third-order valence-corrected chi connectivity index (χ3v) is 6.21. The molecule has 0 radical (unpaired) electrons. The predicted octanol–water partition coefficient (Wildman–Crippen LogP) is 4.04. The molecule has 1 aromatic carbocycles. The van der Waals surface area contributed by atoms with E-state index in [9.17, 15) is 9.18 Å². The number of methoxy groups -OCH3 is 1. The first-order valence-corrected chi connectivity index (χ1v) is 10.6.